The molecule has 0 spiro atoms. The first-order valence-corrected chi connectivity index (χ1v) is 12.6. The SMILES string of the molecule is Cc1cn(C)c(-c2ccc(N3CCN(C4c5ccccc5NC(=O)c5ccccc54)CC3)c(C#N)c2)n1. The van der Waals surface area contributed by atoms with Gasteiger partial charge < -0.3 is 14.8 Å². The van der Waals surface area contributed by atoms with E-state index in [4.69, 9.17) is 0 Å². The number of aryl methyl sites for hydroxylation is 2. The maximum Gasteiger partial charge on any atom is 0.256 e. The zero-order valence-electron chi connectivity index (χ0n) is 21.0. The summed E-state index contributed by atoms with van der Waals surface area (Å²) in [6, 6.07) is 24.4. The van der Waals surface area contributed by atoms with E-state index in [1.807, 2.05) is 73.3 Å². The number of benzene rings is 3. The lowest BCUT2D eigenvalue weighted by molar-refractivity contribution is 0.102. The topological polar surface area (TPSA) is 77.2 Å². The molecule has 7 nitrogen and oxygen atoms in total. The first-order chi connectivity index (χ1) is 18.0. The molecule has 1 unspecified atom stereocenters. The van der Waals surface area contributed by atoms with Gasteiger partial charge in [0.05, 0.1) is 23.0 Å². The Morgan fingerprint density at radius 2 is 1.70 bits per heavy atom. The van der Waals surface area contributed by atoms with Gasteiger partial charge in [-0.2, -0.15) is 5.26 Å². The fraction of sp³-hybridized carbons (Fsp3) is 0.233. The largest absolute Gasteiger partial charge is 0.368 e. The van der Waals surface area contributed by atoms with Crippen molar-refractivity contribution in [1.29, 1.82) is 5.26 Å². The van der Waals surface area contributed by atoms with Gasteiger partial charge in [-0.3, -0.25) is 9.69 Å². The quantitative estimate of drug-likeness (QED) is 0.451. The summed E-state index contributed by atoms with van der Waals surface area (Å²) in [6.07, 6.45) is 1.99. The summed E-state index contributed by atoms with van der Waals surface area (Å²) in [6.45, 7) is 5.18. The standard InChI is InChI=1S/C30H28N6O/c1-20-19-34(2)29(32-20)21-11-12-27(22(17-21)18-31)35-13-15-36(16-14-35)28-23-7-3-4-8-24(23)30(37)33-26-10-6-5-9-25(26)28/h3-12,17,19,28H,13-16H2,1-2H3,(H,33,37). The highest BCUT2D eigenvalue weighted by atomic mass is 16.1. The Bertz CT molecular complexity index is 1540. The summed E-state index contributed by atoms with van der Waals surface area (Å²) in [5, 5.41) is 13.1. The van der Waals surface area contributed by atoms with Crippen molar-refractivity contribution in [2.24, 2.45) is 7.05 Å². The average molecular weight is 489 g/mol. The summed E-state index contributed by atoms with van der Waals surface area (Å²) in [5.74, 6) is 0.796. The molecule has 0 aliphatic carbocycles. The second-order valence-electron chi connectivity index (χ2n) is 9.71. The van der Waals surface area contributed by atoms with Gasteiger partial charge in [-0.05, 0) is 48.4 Å². The lowest BCUT2D eigenvalue weighted by Gasteiger charge is -2.41. The van der Waals surface area contributed by atoms with Crippen LogP contribution in [0.4, 0.5) is 11.4 Å². The van der Waals surface area contributed by atoms with Crippen LogP contribution in [0.2, 0.25) is 0 Å². The molecule has 0 radical (unpaired) electrons. The highest BCUT2D eigenvalue weighted by molar-refractivity contribution is 6.07. The number of anilines is 2. The number of amides is 1. The summed E-state index contributed by atoms with van der Waals surface area (Å²) in [4.78, 5) is 22.3. The number of carbonyl (C=O) groups is 1. The number of piperazine rings is 1. The number of aromatic nitrogens is 2. The Morgan fingerprint density at radius 1 is 0.973 bits per heavy atom. The third-order valence-corrected chi connectivity index (χ3v) is 7.40. The summed E-state index contributed by atoms with van der Waals surface area (Å²) >= 11 is 0. The van der Waals surface area contributed by atoms with E-state index in [2.05, 4.69) is 44.4 Å². The Morgan fingerprint density at radius 3 is 2.43 bits per heavy atom. The van der Waals surface area contributed by atoms with E-state index in [1.54, 1.807) is 0 Å². The maximum atomic E-state index is 13.0. The van der Waals surface area contributed by atoms with Crippen LogP contribution in [0.1, 0.15) is 38.8 Å². The fourth-order valence-corrected chi connectivity index (χ4v) is 5.69. The van der Waals surface area contributed by atoms with Crippen molar-refractivity contribution in [1.82, 2.24) is 14.5 Å². The number of imidazole rings is 1. The van der Waals surface area contributed by atoms with Crippen molar-refractivity contribution in [2.75, 3.05) is 36.4 Å². The zero-order valence-corrected chi connectivity index (χ0v) is 21.0. The highest BCUT2D eigenvalue weighted by Crippen LogP contribution is 2.39. The molecule has 1 atom stereocenters. The van der Waals surface area contributed by atoms with E-state index in [-0.39, 0.29) is 11.9 Å². The van der Waals surface area contributed by atoms with E-state index in [0.29, 0.717) is 5.56 Å². The molecule has 1 saturated heterocycles. The number of fused-ring (bicyclic) bond motifs is 2. The van der Waals surface area contributed by atoms with Crippen LogP contribution in [-0.4, -0.2) is 46.5 Å². The minimum Gasteiger partial charge on any atom is -0.368 e. The molecule has 3 aromatic carbocycles. The number of para-hydroxylation sites is 1. The van der Waals surface area contributed by atoms with E-state index in [1.165, 1.54) is 0 Å². The van der Waals surface area contributed by atoms with Crippen molar-refractivity contribution in [3.8, 4) is 17.5 Å². The fourth-order valence-electron chi connectivity index (χ4n) is 5.69. The van der Waals surface area contributed by atoms with Gasteiger partial charge >= 0.3 is 0 Å². The van der Waals surface area contributed by atoms with Crippen LogP contribution < -0.4 is 10.2 Å². The molecule has 3 heterocycles. The van der Waals surface area contributed by atoms with Gasteiger partial charge in [0, 0.05) is 56.2 Å². The third kappa shape index (κ3) is 4.05. The lowest BCUT2D eigenvalue weighted by atomic mass is 9.93. The highest BCUT2D eigenvalue weighted by Gasteiger charge is 2.33. The van der Waals surface area contributed by atoms with Crippen LogP contribution in [0.5, 0.6) is 0 Å². The second-order valence-corrected chi connectivity index (χ2v) is 9.71. The Labute approximate surface area is 216 Å². The van der Waals surface area contributed by atoms with E-state index in [9.17, 15) is 10.1 Å². The molecule has 0 bridgehead atoms. The third-order valence-electron chi connectivity index (χ3n) is 7.40. The number of carbonyl (C=O) groups excluding carboxylic acids is 1. The van der Waals surface area contributed by atoms with E-state index < -0.39 is 0 Å². The van der Waals surface area contributed by atoms with Gasteiger partial charge in [-0.15, -0.1) is 0 Å². The number of nitriles is 1. The minimum absolute atomic E-state index is 0.0158. The summed E-state index contributed by atoms with van der Waals surface area (Å²) in [7, 11) is 1.97. The molecule has 6 rings (SSSR count). The Hall–Kier alpha value is -4.41. The van der Waals surface area contributed by atoms with Gasteiger partial charge in [-0.25, -0.2) is 4.98 Å². The van der Waals surface area contributed by atoms with Crippen molar-refractivity contribution in [3.63, 3.8) is 0 Å². The molecule has 1 fully saturated rings. The van der Waals surface area contributed by atoms with Crippen molar-refractivity contribution >= 4 is 17.3 Å². The predicted octanol–water partition coefficient (Wildman–Crippen LogP) is 4.74. The number of nitrogens with zero attached hydrogens (tertiary/aromatic N) is 5. The van der Waals surface area contributed by atoms with Gasteiger partial charge in [-0.1, -0.05) is 36.4 Å². The van der Waals surface area contributed by atoms with Crippen LogP contribution in [0.25, 0.3) is 11.4 Å². The van der Waals surface area contributed by atoms with Crippen molar-refractivity contribution in [3.05, 3.63) is 101 Å². The molecular weight excluding hydrogens is 460 g/mol. The first-order valence-electron chi connectivity index (χ1n) is 12.6. The molecule has 4 aromatic rings. The van der Waals surface area contributed by atoms with E-state index in [0.717, 1.165) is 71.3 Å². The molecule has 1 aromatic heterocycles. The van der Waals surface area contributed by atoms with Gasteiger partial charge in [0.25, 0.3) is 5.91 Å². The van der Waals surface area contributed by atoms with Crippen LogP contribution in [0.15, 0.2) is 72.9 Å². The van der Waals surface area contributed by atoms with Crippen molar-refractivity contribution in [2.45, 2.75) is 13.0 Å². The second kappa shape index (κ2) is 9.23. The Balaban J connectivity index is 1.28. The zero-order chi connectivity index (χ0) is 25.5. The molecule has 184 valence electrons. The van der Waals surface area contributed by atoms with Gasteiger partial charge in [0.15, 0.2) is 0 Å². The normalized spacial score (nSPS) is 17.4. The molecule has 1 N–H and O–H groups in total. The van der Waals surface area contributed by atoms with Crippen molar-refractivity contribution < 1.29 is 4.79 Å². The Kier molecular flexibility index (Phi) is 5.74. The number of hydrogen-bond acceptors (Lipinski definition) is 5. The van der Waals surface area contributed by atoms with Crippen LogP contribution in [0.3, 0.4) is 0 Å². The molecular formula is C30H28N6O. The number of nitrogens with one attached hydrogen (secondary N) is 1. The minimum atomic E-state index is -0.0640. The maximum absolute atomic E-state index is 13.0. The van der Waals surface area contributed by atoms with Crippen LogP contribution in [0, 0.1) is 18.3 Å². The van der Waals surface area contributed by atoms with Crippen LogP contribution >= 0.6 is 0 Å². The van der Waals surface area contributed by atoms with Crippen LogP contribution in [-0.2, 0) is 7.05 Å². The average Bonchev–Trinajstić information content (AvgIpc) is 3.21. The smallest absolute Gasteiger partial charge is 0.256 e. The monoisotopic (exact) mass is 488 g/mol. The molecule has 37 heavy (non-hydrogen) atoms. The summed E-state index contributed by atoms with van der Waals surface area (Å²) in [5.41, 5.74) is 7.24. The predicted molar refractivity (Wildman–Crippen MR) is 145 cm³/mol. The first kappa shape index (κ1) is 23.0. The number of hydrogen-bond donors (Lipinski definition) is 1. The molecule has 0 saturated carbocycles. The van der Waals surface area contributed by atoms with Gasteiger partial charge in [0.2, 0.25) is 0 Å². The van der Waals surface area contributed by atoms with Gasteiger partial charge in [0.1, 0.15) is 11.9 Å². The molecule has 1 amide bonds. The molecule has 7 heteroatoms. The van der Waals surface area contributed by atoms with E-state index >= 15 is 0 Å². The summed E-state index contributed by atoms with van der Waals surface area (Å²) < 4.78 is 1.99. The molecule has 2 aliphatic heterocycles. The molecule has 2 aliphatic rings. The number of rotatable bonds is 3. The lowest BCUT2D eigenvalue weighted by Crippen LogP contribution is -2.48.